The minimum absolute atomic E-state index is 0.160. The molecule has 1 aromatic rings. The molecule has 0 aromatic heterocycles. The maximum absolute atomic E-state index is 14.1. The fourth-order valence-electron chi connectivity index (χ4n) is 5.50. The molecule has 30 heavy (non-hydrogen) atoms. The van der Waals surface area contributed by atoms with E-state index >= 15 is 0 Å². The van der Waals surface area contributed by atoms with E-state index in [1.54, 1.807) is 11.8 Å². The van der Waals surface area contributed by atoms with E-state index in [0.29, 0.717) is 24.3 Å². The number of hydrogen-bond acceptors (Lipinski definition) is 6. The summed E-state index contributed by atoms with van der Waals surface area (Å²) in [4.78, 5) is 41.4. The van der Waals surface area contributed by atoms with E-state index in [2.05, 4.69) is 10.6 Å². The van der Waals surface area contributed by atoms with Crippen LogP contribution in [0.5, 0.6) is 0 Å². The number of imide groups is 1. The lowest BCUT2D eigenvalue weighted by atomic mass is 9.76. The molecule has 3 amide bonds. The molecule has 3 fully saturated rings. The van der Waals surface area contributed by atoms with Gasteiger partial charge in [0.2, 0.25) is 17.7 Å². The largest absolute Gasteiger partial charge is 0.376 e. The third-order valence-electron chi connectivity index (χ3n) is 6.81. The smallest absolute Gasteiger partial charge is 0.250 e. The third-order valence-corrected chi connectivity index (χ3v) is 7.46. The highest BCUT2D eigenvalue weighted by molar-refractivity contribution is 7.98. The molecule has 2 N–H and O–H groups in total. The van der Waals surface area contributed by atoms with Gasteiger partial charge in [-0.15, -0.1) is 0 Å². The number of fused-ring (bicyclic) bond motifs is 4. The van der Waals surface area contributed by atoms with Crippen molar-refractivity contribution >= 4 is 35.2 Å². The SMILES string of the molecule is CSCCC1NC2(C(=O)Nc3ccc(F)cc32)C2C(=O)N(CC3CCCO3)C(=O)C12. The van der Waals surface area contributed by atoms with E-state index in [1.807, 2.05) is 6.26 Å². The third kappa shape index (κ3) is 2.75. The van der Waals surface area contributed by atoms with Gasteiger partial charge in [-0.3, -0.25) is 24.6 Å². The van der Waals surface area contributed by atoms with Crippen LogP contribution >= 0.6 is 11.8 Å². The highest BCUT2D eigenvalue weighted by Gasteiger charge is 2.70. The number of likely N-dealkylation sites (tertiary alicyclic amines) is 1. The van der Waals surface area contributed by atoms with Gasteiger partial charge in [-0.2, -0.15) is 11.8 Å². The molecule has 7 nitrogen and oxygen atoms in total. The number of nitrogens with one attached hydrogen (secondary N) is 2. The first-order valence-corrected chi connectivity index (χ1v) is 11.7. The van der Waals surface area contributed by atoms with Crippen LogP contribution < -0.4 is 10.6 Å². The molecular weight excluding hydrogens is 409 g/mol. The van der Waals surface area contributed by atoms with Crippen molar-refractivity contribution in [1.29, 1.82) is 0 Å². The Morgan fingerprint density at radius 3 is 2.87 bits per heavy atom. The van der Waals surface area contributed by atoms with E-state index in [9.17, 15) is 18.8 Å². The molecule has 0 aliphatic carbocycles. The Bertz CT molecular complexity index is 922. The summed E-state index contributed by atoms with van der Waals surface area (Å²) in [5, 5.41) is 6.11. The number of nitrogens with zero attached hydrogens (tertiary/aromatic N) is 1. The Kier molecular flexibility index (Phi) is 4.87. The van der Waals surface area contributed by atoms with Crippen molar-refractivity contribution in [3.63, 3.8) is 0 Å². The van der Waals surface area contributed by atoms with Crippen LogP contribution in [0.2, 0.25) is 0 Å². The number of benzene rings is 1. The van der Waals surface area contributed by atoms with Crippen molar-refractivity contribution in [2.45, 2.75) is 36.9 Å². The molecule has 3 saturated heterocycles. The molecular formula is C21H24FN3O4S. The number of rotatable bonds is 5. The van der Waals surface area contributed by atoms with Gasteiger partial charge >= 0.3 is 0 Å². The molecule has 0 saturated carbocycles. The van der Waals surface area contributed by atoms with E-state index in [0.717, 1.165) is 18.6 Å². The van der Waals surface area contributed by atoms with Gasteiger partial charge in [0, 0.05) is 23.9 Å². The zero-order chi connectivity index (χ0) is 21.0. The summed E-state index contributed by atoms with van der Waals surface area (Å²) >= 11 is 1.64. The van der Waals surface area contributed by atoms with Gasteiger partial charge in [-0.1, -0.05) is 0 Å². The minimum atomic E-state index is -1.43. The number of hydrogen-bond donors (Lipinski definition) is 2. The molecule has 5 rings (SSSR count). The van der Waals surface area contributed by atoms with Crippen LogP contribution in [-0.2, 0) is 24.7 Å². The average molecular weight is 434 g/mol. The molecule has 0 radical (unpaired) electrons. The first kappa shape index (κ1) is 20.0. The number of carbonyl (C=O) groups excluding carboxylic acids is 3. The minimum Gasteiger partial charge on any atom is -0.376 e. The molecule has 1 spiro atoms. The fourth-order valence-corrected chi connectivity index (χ4v) is 5.99. The normalized spacial score (nSPS) is 34.7. The molecule has 0 bridgehead atoms. The summed E-state index contributed by atoms with van der Waals surface area (Å²) in [5.74, 6) is -2.26. The van der Waals surface area contributed by atoms with Crippen LogP contribution in [0.3, 0.4) is 0 Å². The zero-order valence-electron chi connectivity index (χ0n) is 16.7. The number of ether oxygens (including phenoxy) is 1. The molecule has 4 heterocycles. The maximum Gasteiger partial charge on any atom is 0.250 e. The van der Waals surface area contributed by atoms with Crippen molar-refractivity contribution in [3.8, 4) is 0 Å². The van der Waals surface area contributed by atoms with Gasteiger partial charge in [-0.05, 0) is 49.5 Å². The van der Waals surface area contributed by atoms with Gasteiger partial charge in [0.1, 0.15) is 11.4 Å². The second kappa shape index (κ2) is 7.32. The number of amides is 3. The first-order chi connectivity index (χ1) is 14.5. The summed E-state index contributed by atoms with van der Waals surface area (Å²) in [6.07, 6.45) is 4.16. The number of carbonyl (C=O) groups is 3. The number of anilines is 1. The summed E-state index contributed by atoms with van der Waals surface area (Å²) in [6, 6.07) is 3.75. The zero-order valence-corrected chi connectivity index (χ0v) is 17.5. The van der Waals surface area contributed by atoms with Crippen LogP contribution in [0.1, 0.15) is 24.8 Å². The summed E-state index contributed by atoms with van der Waals surface area (Å²) < 4.78 is 19.8. The van der Waals surface area contributed by atoms with Crippen molar-refractivity contribution in [2.24, 2.45) is 11.8 Å². The summed E-state index contributed by atoms with van der Waals surface area (Å²) in [6.45, 7) is 0.846. The molecule has 5 atom stereocenters. The van der Waals surface area contributed by atoms with Gasteiger partial charge in [0.15, 0.2) is 0 Å². The van der Waals surface area contributed by atoms with E-state index < -0.39 is 29.1 Å². The van der Waals surface area contributed by atoms with Crippen molar-refractivity contribution < 1.29 is 23.5 Å². The summed E-state index contributed by atoms with van der Waals surface area (Å²) in [5.41, 5.74) is -0.534. The summed E-state index contributed by atoms with van der Waals surface area (Å²) in [7, 11) is 0. The number of thioether (sulfide) groups is 1. The van der Waals surface area contributed by atoms with Crippen molar-refractivity contribution in [1.82, 2.24) is 10.2 Å². The molecule has 4 aliphatic heterocycles. The number of halogens is 1. The van der Waals surface area contributed by atoms with E-state index in [4.69, 9.17) is 4.74 Å². The standard InChI is InChI=1S/C21H24FN3O4S/c1-30-8-6-15-16-17(19(27)25(18(16)26)10-12-3-2-7-29-12)21(24-15)13-9-11(22)4-5-14(13)23-20(21)28/h4-5,9,12,15-17,24H,2-3,6-8,10H2,1H3,(H,23,28). The monoisotopic (exact) mass is 433 g/mol. The predicted octanol–water partition coefficient (Wildman–Crippen LogP) is 1.48. The second-order valence-electron chi connectivity index (χ2n) is 8.41. The highest BCUT2D eigenvalue weighted by atomic mass is 32.2. The van der Waals surface area contributed by atoms with Crippen LogP contribution in [0, 0.1) is 17.7 Å². The van der Waals surface area contributed by atoms with Crippen LogP contribution in [0.15, 0.2) is 18.2 Å². The highest BCUT2D eigenvalue weighted by Crippen LogP contribution is 2.53. The van der Waals surface area contributed by atoms with Crippen LogP contribution in [0.25, 0.3) is 0 Å². The molecule has 4 aliphatic rings. The van der Waals surface area contributed by atoms with Crippen LogP contribution in [0.4, 0.5) is 10.1 Å². The Balaban J connectivity index is 1.57. The van der Waals surface area contributed by atoms with Crippen LogP contribution in [-0.4, -0.2) is 59.9 Å². The Labute approximate surface area is 178 Å². The lowest BCUT2D eigenvalue weighted by Gasteiger charge is -2.30. The lowest BCUT2D eigenvalue weighted by molar-refractivity contribution is -0.144. The molecule has 5 unspecified atom stereocenters. The maximum atomic E-state index is 14.1. The van der Waals surface area contributed by atoms with Gasteiger partial charge < -0.3 is 10.1 Å². The average Bonchev–Trinajstić information content (AvgIpc) is 3.46. The van der Waals surface area contributed by atoms with E-state index in [-0.39, 0.29) is 30.5 Å². The Hall–Kier alpha value is -1.97. The van der Waals surface area contributed by atoms with E-state index in [1.165, 1.54) is 23.1 Å². The van der Waals surface area contributed by atoms with Gasteiger partial charge in [-0.25, -0.2) is 4.39 Å². The predicted molar refractivity (Wildman–Crippen MR) is 109 cm³/mol. The topological polar surface area (TPSA) is 87.7 Å². The van der Waals surface area contributed by atoms with Gasteiger partial charge in [0.05, 0.1) is 24.5 Å². The fraction of sp³-hybridized carbons (Fsp3) is 0.571. The molecule has 9 heteroatoms. The van der Waals surface area contributed by atoms with Crippen molar-refractivity contribution in [2.75, 3.05) is 30.5 Å². The molecule has 160 valence electrons. The lowest BCUT2D eigenvalue weighted by Crippen LogP contribution is -2.53. The molecule has 1 aromatic carbocycles. The second-order valence-corrected chi connectivity index (χ2v) is 9.40. The quantitative estimate of drug-likeness (QED) is 0.684. The first-order valence-electron chi connectivity index (χ1n) is 10.3. The van der Waals surface area contributed by atoms with Crippen molar-refractivity contribution in [3.05, 3.63) is 29.6 Å². The Morgan fingerprint density at radius 2 is 2.13 bits per heavy atom. The Morgan fingerprint density at radius 1 is 1.30 bits per heavy atom. The van der Waals surface area contributed by atoms with Gasteiger partial charge in [0.25, 0.3) is 0 Å².